The molecule has 140 valence electrons. The lowest BCUT2D eigenvalue weighted by Gasteiger charge is -2.07. The van der Waals surface area contributed by atoms with E-state index in [1.54, 1.807) is 24.3 Å². The van der Waals surface area contributed by atoms with Gasteiger partial charge in [-0.25, -0.2) is 4.79 Å². The molecule has 5 nitrogen and oxygen atoms in total. The zero-order valence-corrected chi connectivity index (χ0v) is 15.2. The van der Waals surface area contributed by atoms with Crippen LogP contribution in [0.4, 0.5) is 0 Å². The molecule has 0 heterocycles. The highest BCUT2D eigenvalue weighted by molar-refractivity contribution is 5.89. The fraction of sp³-hybridized carbons (Fsp3) is 0.600. The Morgan fingerprint density at radius 3 is 2.16 bits per heavy atom. The topological polar surface area (TPSA) is 61.8 Å². The first-order valence-corrected chi connectivity index (χ1v) is 9.19. The van der Waals surface area contributed by atoms with Crippen LogP contribution < -0.4 is 0 Å². The summed E-state index contributed by atoms with van der Waals surface area (Å²) in [6, 6.07) is 8.81. The van der Waals surface area contributed by atoms with Crippen LogP contribution in [0.25, 0.3) is 0 Å². The normalized spacial score (nSPS) is 10.4. The summed E-state index contributed by atoms with van der Waals surface area (Å²) in [4.78, 5) is 23.2. The van der Waals surface area contributed by atoms with E-state index >= 15 is 0 Å². The predicted octanol–water partition coefficient (Wildman–Crippen LogP) is 4.15. The predicted molar refractivity (Wildman–Crippen MR) is 96.5 cm³/mol. The Kier molecular flexibility index (Phi) is 12.2. The third kappa shape index (κ3) is 11.3. The standard InChI is InChI=1S/C20H30O5/c1-2-3-4-5-6-10-13-19(21)24-16-14-23-15-17-25-20(22)18-11-8-7-9-12-18/h7-9,11-12H,2-6,10,13-17H2,1H3. The van der Waals surface area contributed by atoms with Crippen LogP contribution in [-0.4, -0.2) is 38.4 Å². The van der Waals surface area contributed by atoms with Gasteiger partial charge in [0, 0.05) is 6.42 Å². The second-order valence-corrected chi connectivity index (χ2v) is 5.85. The average molecular weight is 350 g/mol. The Labute approximate surface area is 150 Å². The smallest absolute Gasteiger partial charge is 0.338 e. The molecule has 0 aromatic heterocycles. The summed E-state index contributed by atoms with van der Waals surface area (Å²) >= 11 is 0. The van der Waals surface area contributed by atoms with Gasteiger partial charge in [-0.3, -0.25) is 4.79 Å². The number of hydrogen-bond donors (Lipinski definition) is 0. The van der Waals surface area contributed by atoms with Crippen molar-refractivity contribution >= 4 is 11.9 Å². The van der Waals surface area contributed by atoms with Crippen LogP contribution in [0.1, 0.15) is 62.2 Å². The van der Waals surface area contributed by atoms with Gasteiger partial charge in [0.15, 0.2) is 0 Å². The number of esters is 2. The van der Waals surface area contributed by atoms with E-state index in [9.17, 15) is 9.59 Å². The third-order valence-electron chi connectivity index (χ3n) is 3.70. The van der Waals surface area contributed by atoms with E-state index in [1.807, 2.05) is 6.07 Å². The van der Waals surface area contributed by atoms with Crippen molar-refractivity contribution in [3.63, 3.8) is 0 Å². The Balaban J connectivity index is 1.89. The molecule has 0 N–H and O–H groups in total. The molecule has 0 aliphatic rings. The van der Waals surface area contributed by atoms with Crippen LogP contribution in [0, 0.1) is 0 Å². The van der Waals surface area contributed by atoms with Gasteiger partial charge in [-0.15, -0.1) is 0 Å². The molecule has 0 amide bonds. The maximum absolute atomic E-state index is 11.7. The molecule has 1 aromatic carbocycles. The van der Waals surface area contributed by atoms with Gasteiger partial charge >= 0.3 is 11.9 Å². The number of carbonyl (C=O) groups excluding carboxylic acids is 2. The zero-order valence-electron chi connectivity index (χ0n) is 15.2. The van der Waals surface area contributed by atoms with E-state index in [-0.39, 0.29) is 31.8 Å². The molecule has 0 fully saturated rings. The number of ether oxygens (including phenoxy) is 3. The van der Waals surface area contributed by atoms with Crippen molar-refractivity contribution in [2.24, 2.45) is 0 Å². The number of rotatable bonds is 14. The lowest BCUT2D eigenvalue weighted by atomic mass is 10.1. The number of unbranched alkanes of at least 4 members (excludes halogenated alkanes) is 5. The summed E-state index contributed by atoms with van der Waals surface area (Å²) in [7, 11) is 0. The van der Waals surface area contributed by atoms with Crippen LogP contribution in [-0.2, 0) is 19.0 Å². The Morgan fingerprint density at radius 1 is 0.800 bits per heavy atom. The van der Waals surface area contributed by atoms with Gasteiger partial charge in [0.25, 0.3) is 0 Å². The van der Waals surface area contributed by atoms with Crippen molar-refractivity contribution in [2.45, 2.75) is 51.9 Å². The van der Waals surface area contributed by atoms with Gasteiger partial charge in [-0.2, -0.15) is 0 Å². The zero-order chi connectivity index (χ0) is 18.2. The minimum atomic E-state index is -0.366. The van der Waals surface area contributed by atoms with Crippen molar-refractivity contribution in [3.05, 3.63) is 35.9 Å². The van der Waals surface area contributed by atoms with Gasteiger partial charge in [-0.1, -0.05) is 57.2 Å². The molecule has 0 bridgehead atoms. The SMILES string of the molecule is CCCCCCCCC(=O)OCCOCCOC(=O)c1ccccc1. The molecule has 0 unspecified atom stereocenters. The van der Waals surface area contributed by atoms with E-state index < -0.39 is 0 Å². The summed E-state index contributed by atoms with van der Waals surface area (Å²) in [5.74, 6) is -0.538. The molecule has 0 saturated heterocycles. The van der Waals surface area contributed by atoms with Crippen molar-refractivity contribution < 1.29 is 23.8 Å². The molecule has 0 atom stereocenters. The number of benzene rings is 1. The van der Waals surface area contributed by atoms with Gasteiger partial charge in [0.05, 0.1) is 18.8 Å². The Morgan fingerprint density at radius 2 is 1.44 bits per heavy atom. The van der Waals surface area contributed by atoms with Crippen LogP contribution >= 0.6 is 0 Å². The molecular weight excluding hydrogens is 320 g/mol. The minimum Gasteiger partial charge on any atom is -0.463 e. The van der Waals surface area contributed by atoms with Crippen LogP contribution in [0.3, 0.4) is 0 Å². The second-order valence-electron chi connectivity index (χ2n) is 5.85. The summed E-state index contributed by atoms with van der Waals surface area (Å²) in [5, 5.41) is 0. The van der Waals surface area contributed by atoms with Crippen LogP contribution in [0.5, 0.6) is 0 Å². The molecule has 0 saturated carbocycles. The fourth-order valence-electron chi connectivity index (χ4n) is 2.29. The highest BCUT2D eigenvalue weighted by atomic mass is 16.6. The van der Waals surface area contributed by atoms with Gasteiger partial charge in [0.1, 0.15) is 13.2 Å². The first-order valence-electron chi connectivity index (χ1n) is 9.19. The van der Waals surface area contributed by atoms with E-state index in [0.717, 1.165) is 12.8 Å². The summed E-state index contributed by atoms with van der Waals surface area (Å²) in [5.41, 5.74) is 0.520. The quantitative estimate of drug-likeness (QED) is 0.372. The largest absolute Gasteiger partial charge is 0.463 e. The second kappa shape index (κ2) is 14.5. The Bertz CT molecular complexity index is 472. The van der Waals surface area contributed by atoms with Crippen molar-refractivity contribution in [1.29, 1.82) is 0 Å². The first-order chi connectivity index (χ1) is 12.2. The van der Waals surface area contributed by atoms with E-state index in [2.05, 4.69) is 6.92 Å². The van der Waals surface area contributed by atoms with Crippen molar-refractivity contribution in [1.82, 2.24) is 0 Å². The summed E-state index contributed by atoms with van der Waals surface area (Å²) in [6.45, 7) is 3.20. The van der Waals surface area contributed by atoms with Gasteiger partial charge in [-0.05, 0) is 18.6 Å². The molecule has 1 aromatic rings. The van der Waals surface area contributed by atoms with Gasteiger partial charge in [0.2, 0.25) is 0 Å². The van der Waals surface area contributed by atoms with Crippen molar-refractivity contribution in [2.75, 3.05) is 26.4 Å². The lowest BCUT2D eigenvalue weighted by molar-refractivity contribution is -0.145. The maximum Gasteiger partial charge on any atom is 0.338 e. The lowest BCUT2D eigenvalue weighted by Crippen LogP contribution is -2.14. The van der Waals surface area contributed by atoms with E-state index in [1.165, 1.54) is 25.7 Å². The summed E-state index contributed by atoms with van der Waals surface area (Å²) in [6.07, 6.45) is 7.37. The molecule has 25 heavy (non-hydrogen) atoms. The summed E-state index contributed by atoms with van der Waals surface area (Å²) < 4.78 is 15.5. The monoisotopic (exact) mass is 350 g/mol. The van der Waals surface area contributed by atoms with Crippen LogP contribution in [0.2, 0.25) is 0 Å². The molecule has 0 aliphatic carbocycles. The molecule has 0 spiro atoms. The molecule has 5 heteroatoms. The maximum atomic E-state index is 11.7. The van der Waals surface area contributed by atoms with Gasteiger partial charge < -0.3 is 14.2 Å². The highest BCUT2D eigenvalue weighted by Gasteiger charge is 2.05. The molecule has 0 aliphatic heterocycles. The average Bonchev–Trinajstić information content (AvgIpc) is 2.64. The highest BCUT2D eigenvalue weighted by Crippen LogP contribution is 2.07. The van der Waals surface area contributed by atoms with E-state index in [0.29, 0.717) is 18.6 Å². The van der Waals surface area contributed by atoms with Crippen LogP contribution in [0.15, 0.2) is 30.3 Å². The first kappa shape index (κ1) is 21.2. The van der Waals surface area contributed by atoms with E-state index in [4.69, 9.17) is 14.2 Å². The minimum absolute atomic E-state index is 0.172. The number of carbonyl (C=O) groups is 2. The fourth-order valence-corrected chi connectivity index (χ4v) is 2.29. The van der Waals surface area contributed by atoms with Crippen molar-refractivity contribution in [3.8, 4) is 0 Å². The third-order valence-corrected chi connectivity index (χ3v) is 3.70. The Hall–Kier alpha value is -1.88. The molecule has 1 rings (SSSR count). The molecular formula is C20H30O5. The number of hydrogen-bond acceptors (Lipinski definition) is 5. The molecule has 0 radical (unpaired) electrons.